The minimum absolute atomic E-state index is 0.0712. The van der Waals surface area contributed by atoms with Crippen molar-refractivity contribution in [1.29, 1.82) is 0 Å². The maximum atomic E-state index is 13.9. The SMILES string of the molecule is Cc1nccn1CCCCC(CCNC(=O)OCc1ccccc1)C[C@@H](C=O)N(C(=O)Cc1ccccc1)C(=O)[C@@H](N)COCc1ccccc1. The molecule has 0 radical (unpaired) electrons. The first-order valence-electron chi connectivity index (χ1n) is 17.5. The zero-order valence-corrected chi connectivity index (χ0v) is 29.3. The number of carbonyl (C=O) groups excluding carboxylic acids is 4. The van der Waals surface area contributed by atoms with Crippen molar-refractivity contribution >= 4 is 24.2 Å². The number of hydrogen-bond acceptors (Lipinski definition) is 8. The van der Waals surface area contributed by atoms with Gasteiger partial charge in [0.2, 0.25) is 11.8 Å². The molecule has 0 fully saturated rings. The summed E-state index contributed by atoms with van der Waals surface area (Å²) >= 11 is 0. The highest BCUT2D eigenvalue weighted by molar-refractivity contribution is 6.00. The van der Waals surface area contributed by atoms with Gasteiger partial charge in [-0.1, -0.05) is 104 Å². The number of nitrogens with two attached hydrogens (primary N) is 1. The number of nitrogens with one attached hydrogen (secondary N) is 1. The van der Waals surface area contributed by atoms with Crippen LogP contribution < -0.4 is 11.1 Å². The summed E-state index contributed by atoms with van der Waals surface area (Å²) < 4.78 is 13.2. The third-order valence-corrected chi connectivity index (χ3v) is 8.71. The number of imidazole rings is 1. The molecule has 3 aromatic carbocycles. The van der Waals surface area contributed by atoms with Gasteiger partial charge in [-0.3, -0.25) is 14.5 Å². The van der Waals surface area contributed by atoms with Crippen LogP contribution in [0.4, 0.5) is 4.79 Å². The third-order valence-electron chi connectivity index (χ3n) is 8.71. The van der Waals surface area contributed by atoms with Gasteiger partial charge in [-0.2, -0.15) is 0 Å². The molecule has 0 saturated heterocycles. The summed E-state index contributed by atoms with van der Waals surface area (Å²) in [6.07, 6.45) is 6.88. The molecule has 0 aliphatic heterocycles. The normalized spacial score (nSPS) is 12.7. The van der Waals surface area contributed by atoms with Crippen LogP contribution in [0.25, 0.3) is 0 Å². The summed E-state index contributed by atoms with van der Waals surface area (Å²) in [7, 11) is 0. The van der Waals surface area contributed by atoms with E-state index in [4.69, 9.17) is 15.2 Å². The lowest BCUT2D eigenvalue weighted by Gasteiger charge is -2.31. The molecule has 3 amide bonds. The van der Waals surface area contributed by atoms with Crippen molar-refractivity contribution in [2.24, 2.45) is 11.7 Å². The Balaban J connectivity index is 1.44. The van der Waals surface area contributed by atoms with Crippen molar-refractivity contribution in [3.05, 3.63) is 126 Å². The molecule has 270 valence electrons. The van der Waals surface area contributed by atoms with Gasteiger partial charge in [-0.25, -0.2) is 9.78 Å². The third kappa shape index (κ3) is 13.3. The second kappa shape index (κ2) is 21.2. The van der Waals surface area contributed by atoms with Crippen LogP contribution in [-0.2, 0) is 50.0 Å². The number of amides is 3. The molecule has 3 N–H and O–H groups in total. The van der Waals surface area contributed by atoms with E-state index in [-0.39, 0.29) is 38.6 Å². The number of hydrogen-bond donors (Lipinski definition) is 2. The Hall–Kier alpha value is -5.13. The Kier molecular flexibility index (Phi) is 16.1. The maximum absolute atomic E-state index is 13.9. The largest absolute Gasteiger partial charge is 0.445 e. The Morgan fingerprint density at radius 2 is 1.51 bits per heavy atom. The van der Waals surface area contributed by atoms with E-state index < -0.39 is 30.0 Å². The van der Waals surface area contributed by atoms with Gasteiger partial charge in [-0.05, 0) is 48.8 Å². The number of aromatic nitrogens is 2. The fourth-order valence-corrected chi connectivity index (χ4v) is 5.91. The van der Waals surface area contributed by atoms with E-state index >= 15 is 0 Å². The van der Waals surface area contributed by atoms with Gasteiger partial charge >= 0.3 is 6.09 Å². The first-order chi connectivity index (χ1) is 24.8. The van der Waals surface area contributed by atoms with E-state index in [0.717, 1.165) is 41.2 Å². The lowest BCUT2D eigenvalue weighted by Crippen LogP contribution is -2.54. The monoisotopic (exact) mass is 695 g/mol. The minimum atomic E-state index is -1.16. The van der Waals surface area contributed by atoms with Crippen molar-refractivity contribution in [1.82, 2.24) is 19.8 Å². The number of aldehydes is 1. The molecular weight excluding hydrogens is 646 g/mol. The second-order valence-corrected chi connectivity index (χ2v) is 12.6. The Morgan fingerprint density at radius 1 is 0.882 bits per heavy atom. The van der Waals surface area contributed by atoms with Crippen molar-refractivity contribution in [3.63, 3.8) is 0 Å². The van der Waals surface area contributed by atoms with E-state index in [9.17, 15) is 19.2 Å². The summed E-state index contributed by atoms with van der Waals surface area (Å²) in [5.41, 5.74) is 8.83. The predicted octanol–water partition coefficient (Wildman–Crippen LogP) is 5.39. The van der Waals surface area contributed by atoms with Crippen LogP contribution in [0.2, 0.25) is 0 Å². The van der Waals surface area contributed by atoms with Gasteiger partial charge in [0.25, 0.3) is 0 Å². The van der Waals surface area contributed by atoms with Gasteiger partial charge in [0.05, 0.1) is 25.7 Å². The second-order valence-electron chi connectivity index (χ2n) is 12.6. The molecule has 4 aromatic rings. The molecule has 0 spiro atoms. The van der Waals surface area contributed by atoms with Gasteiger partial charge in [0.1, 0.15) is 24.8 Å². The molecule has 11 nitrogen and oxygen atoms in total. The molecule has 0 saturated carbocycles. The average Bonchev–Trinajstić information content (AvgIpc) is 3.57. The molecule has 1 unspecified atom stereocenters. The smallest absolute Gasteiger partial charge is 0.407 e. The number of rotatable bonds is 21. The van der Waals surface area contributed by atoms with Crippen LogP contribution >= 0.6 is 0 Å². The minimum Gasteiger partial charge on any atom is -0.445 e. The quantitative estimate of drug-likeness (QED) is 0.0872. The van der Waals surface area contributed by atoms with Crippen molar-refractivity contribution in [2.75, 3.05) is 13.2 Å². The summed E-state index contributed by atoms with van der Waals surface area (Å²) in [5, 5.41) is 2.81. The van der Waals surface area contributed by atoms with Gasteiger partial charge in [0, 0.05) is 25.5 Å². The van der Waals surface area contributed by atoms with Crippen LogP contribution in [-0.4, -0.2) is 63.9 Å². The highest BCUT2D eigenvalue weighted by atomic mass is 16.5. The highest BCUT2D eigenvalue weighted by Crippen LogP contribution is 2.23. The van der Waals surface area contributed by atoms with E-state index in [0.29, 0.717) is 31.2 Å². The number of carbonyl (C=O) groups is 4. The van der Waals surface area contributed by atoms with E-state index in [1.165, 1.54) is 0 Å². The van der Waals surface area contributed by atoms with Crippen molar-refractivity contribution < 1.29 is 28.7 Å². The van der Waals surface area contributed by atoms with Crippen LogP contribution in [0.3, 0.4) is 0 Å². The van der Waals surface area contributed by atoms with E-state index in [1.54, 1.807) is 18.3 Å². The summed E-state index contributed by atoms with van der Waals surface area (Å²) in [5.74, 6) is -0.360. The van der Waals surface area contributed by atoms with E-state index in [2.05, 4.69) is 14.9 Å². The van der Waals surface area contributed by atoms with Crippen LogP contribution in [0.5, 0.6) is 0 Å². The average molecular weight is 696 g/mol. The van der Waals surface area contributed by atoms with Crippen molar-refractivity contribution in [3.8, 4) is 0 Å². The molecule has 0 aliphatic carbocycles. The number of imide groups is 1. The molecular formula is C40H49N5O6. The maximum Gasteiger partial charge on any atom is 0.407 e. The van der Waals surface area contributed by atoms with Crippen LogP contribution in [0, 0.1) is 12.8 Å². The Bertz CT molecular complexity index is 1630. The molecule has 0 bridgehead atoms. The summed E-state index contributed by atoms with van der Waals surface area (Å²) in [6.45, 7) is 3.31. The van der Waals surface area contributed by atoms with Gasteiger partial charge < -0.3 is 29.9 Å². The molecule has 0 aliphatic rings. The standard InChI is InChI=1S/C40H49N5O6/c1-31-42-22-24-44(31)23-12-11-15-33(20-21-43-40(49)51-29-35-18-9-4-10-19-35)25-36(27-46)45(38(47)26-32-13-5-2-6-14-32)39(48)37(41)30-50-28-34-16-7-3-8-17-34/h2-10,13-14,16-19,22,24,27,33,36-37H,11-12,15,20-21,23,25-26,28-30,41H2,1H3,(H,43,49)/t33?,36-,37-/m0/s1. The Labute approximate surface area is 300 Å². The van der Waals surface area contributed by atoms with E-state index in [1.807, 2.05) is 92.0 Å². The van der Waals surface area contributed by atoms with Crippen LogP contribution in [0.1, 0.15) is 54.6 Å². The number of unbranched alkanes of at least 4 members (excludes halogenated alkanes) is 1. The molecule has 3 atom stereocenters. The number of alkyl carbamates (subject to hydrolysis) is 1. The van der Waals surface area contributed by atoms with Gasteiger partial charge in [-0.15, -0.1) is 0 Å². The van der Waals surface area contributed by atoms with Gasteiger partial charge in [0.15, 0.2) is 0 Å². The number of ether oxygens (including phenoxy) is 2. The fourth-order valence-electron chi connectivity index (χ4n) is 5.91. The summed E-state index contributed by atoms with van der Waals surface area (Å²) in [6, 6.07) is 25.7. The molecule has 4 rings (SSSR count). The molecule has 1 aromatic heterocycles. The predicted molar refractivity (Wildman–Crippen MR) is 194 cm³/mol. The molecule has 51 heavy (non-hydrogen) atoms. The Morgan fingerprint density at radius 3 is 2.12 bits per heavy atom. The summed E-state index contributed by atoms with van der Waals surface area (Å²) in [4.78, 5) is 58.3. The highest BCUT2D eigenvalue weighted by Gasteiger charge is 2.34. The fraction of sp³-hybridized carbons (Fsp3) is 0.375. The van der Waals surface area contributed by atoms with Crippen LogP contribution in [0.15, 0.2) is 103 Å². The number of aryl methyl sites for hydroxylation is 2. The lowest BCUT2D eigenvalue weighted by molar-refractivity contribution is -0.151. The number of benzene rings is 3. The zero-order valence-electron chi connectivity index (χ0n) is 29.3. The zero-order chi connectivity index (χ0) is 36.3. The number of nitrogens with zero attached hydrogens (tertiary/aromatic N) is 3. The topological polar surface area (TPSA) is 146 Å². The first-order valence-corrected chi connectivity index (χ1v) is 17.5. The first kappa shape index (κ1) is 38.7. The molecule has 1 heterocycles. The molecule has 11 heteroatoms. The lowest BCUT2D eigenvalue weighted by atomic mass is 9.90. The van der Waals surface area contributed by atoms with Crippen molar-refractivity contribution in [2.45, 2.75) is 77.3 Å².